The van der Waals surface area contributed by atoms with E-state index in [0.717, 1.165) is 60.2 Å². The minimum absolute atomic E-state index is 0.125. The highest BCUT2D eigenvalue weighted by Gasteiger charge is 2.24. The average Bonchev–Trinajstić information content (AvgIpc) is 3.35. The Hall–Kier alpha value is -2.64. The van der Waals surface area contributed by atoms with Crippen molar-refractivity contribution < 1.29 is 9.53 Å². The topological polar surface area (TPSA) is 50.6 Å². The number of benzene rings is 1. The van der Waals surface area contributed by atoms with Crippen molar-refractivity contribution in [2.75, 3.05) is 26.2 Å². The second kappa shape index (κ2) is 9.24. The number of hydrogen-bond acceptors (Lipinski definition) is 5. The number of rotatable bonds is 6. The summed E-state index contributed by atoms with van der Waals surface area (Å²) >= 11 is 1.51. The number of carbonyl (C=O) groups is 1. The number of aromatic nitrogens is 2. The summed E-state index contributed by atoms with van der Waals surface area (Å²) in [5.41, 5.74) is 5.68. The zero-order valence-corrected chi connectivity index (χ0v) is 19.5. The Morgan fingerprint density at radius 2 is 1.90 bits per heavy atom. The number of aryl methyl sites for hydroxylation is 4. The minimum atomic E-state index is 0.125. The summed E-state index contributed by atoms with van der Waals surface area (Å²) in [4.78, 5) is 18.1. The first-order valence-corrected chi connectivity index (χ1v) is 11.6. The van der Waals surface area contributed by atoms with Crippen molar-refractivity contribution in [3.63, 3.8) is 0 Å². The fourth-order valence-corrected chi connectivity index (χ4v) is 4.76. The highest BCUT2D eigenvalue weighted by Crippen LogP contribution is 2.23. The van der Waals surface area contributed by atoms with Gasteiger partial charge in [-0.05, 0) is 49.4 Å². The van der Waals surface area contributed by atoms with Crippen molar-refractivity contribution in [2.45, 2.75) is 33.9 Å². The molecule has 4 rings (SSSR count). The molecule has 0 radical (unpaired) electrons. The molecule has 0 N–H and O–H groups in total. The predicted octanol–water partition coefficient (Wildman–Crippen LogP) is 3.94. The molecular weight excluding hydrogens is 408 g/mol. The van der Waals surface area contributed by atoms with Crippen LogP contribution in [0.2, 0.25) is 0 Å². The summed E-state index contributed by atoms with van der Waals surface area (Å²) < 4.78 is 7.86. The summed E-state index contributed by atoms with van der Waals surface area (Å²) in [5.74, 6) is 1.03. The van der Waals surface area contributed by atoms with Crippen LogP contribution in [0.4, 0.5) is 0 Å². The van der Waals surface area contributed by atoms with Crippen LogP contribution < -0.4 is 4.74 Å². The number of nitrogens with zero attached hydrogens (tertiary/aromatic N) is 4. The molecule has 1 aliphatic rings. The molecule has 1 amide bonds. The first kappa shape index (κ1) is 21.6. The van der Waals surface area contributed by atoms with Crippen LogP contribution in [0.25, 0.3) is 0 Å². The number of piperazine rings is 1. The van der Waals surface area contributed by atoms with E-state index in [9.17, 15) is 4.79 Å². The van der Waals surface area contributed by atoms with E-state index in [4.69, 9.17) is 4.74 Å². The Kier molecular flexibility index (Phi) is 6.43. The molecule has 1 aliphatic heterocycles. The largest absolute Gasteiger partial charge is 0.489 e. The molecule has 3 aromatic rings. The van der Waals surface area contributed by atoms with Crippen LogP contribution in [0, 0.1) is 20.8 Å². The van der Waals surface area contributed by atoms with Crippen molar-refractivity contribution in [3.05, 3.63) is 68.7 Å². The second-order valence-corrected chi connectivity index (χ2v) is 9.27. The lowest BCUT2D eigenvalue weighted by Crippen LogP contribution is -2.48. The van der Waals surface area contributed by atoms with Crippen LogP contribution in [-0.4, -0.2) is 51.7 Å². The van der Waals surface area contributed by atoms with Gasteiger partial charge in [-0.3, -0.25) is 14.4 Å². The molecular formula is C24H30N4O2S. The molecule has 0 atom stereocenters. The number of thiophene rings is 1. The Morgan fingerprint density at radius 3 is 2.61 bits per heavy atom. The van der Waals surface area contributed by atoms with Crippen LogP contribution in [0.3, 0.4) is 0 Å². The van der Waals surface area contributed by atoms with Gasteiger partial charge in [0, 0.05) is 57.1 Å². The quantitative estimate of drug-likeness (QED) is 0.585. The molecule has 3 heterocycles. The Labute approximate surface area is 188 Å². The molecule has 1 aromatic carbocycles. The molecule has 0 unspecified atom stereocenters. The van der Waals surface area contributed by atoms with Crippen LogP contribution >= 0.6 is 11.3 Å². The van der Waals surface area contributed by atoms with Gasteiger partial charge in [0.2, 0.25) is 0 Å². The molecule has 31 heavy (non-hydrogen) atoms. The monoisotopic (exact) mass is 438 g/mol. The van der Waals surface area contributed by atoms with Crippen molar-refractivity contribution in [2.24, 2.45) is 7.05 Å². The molecule has 0 bridgehead atoms. The summed E-state index contributed by atoms with van der Waals surface area (Å²) in [6.45, 7) is 10.8. The first-order valence-electron chi connectivity index (χ1n) is 10.7. The highest BCUT2D eigenvalue weighted by molar-refractivity contribution is 7.12. The standard InChI is InChI=1S/C24H30N4O2S/c1-17-5-6-18(2)22(11-17)30-15-20-12-23(31-16-20)24(29)28-9-7-27(8-10-28)14-21-13-26(4)25-19(21)3/h5-6,11-13,16H,7-10,14-15H2,1-4H3. The van der Waals surface area contributed by atoms with Gasteiger partial charge in [0.15, 0.2) is 0 Å². The average molecular weight is 439 g/mol. The minimum Gasteiger partial charge on any atom is -0.489 e. The third kappa shape index (κ3) is 5.17. The SMILES string of the molecule is Cc1ccc(C)c(OCc2csc(C(=O)N3CCN(Cc4cn(C)nc4C)CC3)c2)c1. The third-order valence-corrected chi connectivity index (χ3v) is 6.74. The van der Waals surface area contributed by atoms with E-state index in [0.29, 0.717) is 6.61 Å². The van der Waals surface area contributed by atoms with Crippen LogP contribution in [0.15, 0.2) is 35.8 Å². The van der Waals surface area contributed by atoms with Gasteiger partial charge in [0.1, 0.15) is 12.4 Å². The number of hydrogen-bond donors (Lipinski definition) is 0. The molecule has 0 spiro atoms. The predicted molar refractivity (Wildman–Crippen MR) is 124 cm³/mol. The van der Waals surface area contributed by atoms with Gasteiger partial charge < -0.3 is 9.64 Å². The van der Waals surface area contributed by atoms with E-state index in [1.165, 1.54) is 22.5 Å². The number of amides is 1. The van der Waals surface area contributed by atoms with Gasteiger partial charge in [-0.1, -0.05) is 12.1 Å². The third-order valence-electron chi connectivity index (χ3n) is 5.77. The Bertz CT molecular complexity index is 1060. The zero-order chi connectivity index (χ0) is 22.0. The van der Waals surface area contributed by atoms with Crippen LogP contribution in [-0.2, 0) is 20.2 Å². The van der Waals surface area contributed by atoms with Crippen molar-refractivity contribution in [1.29, 1.82) is 0 Å². The fourth-order valence-electron chi connectivity index (χ4n) is 3.90. The van der Waals surface area contributed by atoms with E-state index in [-0.39, 0.29) is 5.91 Å². The number of carbonyl (C=O) groups excluding carboxylic acids is 1. The van der Waals surface area contributed by atoms with Crippen molar-refractivity contribution in [1.82, 2.24) is 19.6 Å². The molecule has 1 saturated heterocycles. The molecule has 2 aromatic heterocycles. The maximum Gasteiger partial charge on any atom is 0.264 e. The molecule has 6 nitrogen and oxygen atoms in total. The van der Waals surface area contributed by atoms with Crippen LogP contribution in [0.1, 0.15) is 37.6 Å². The summed E-state index contributed by atoms with van der Waals surface area (Å²) in [6, 6.07) is 8.19. The lowest BCUT2D eigenvalue weighted by molar-refractivity contribution is 0.0633. The lowest BCUT2D eigenvalue weighted by atomic mass is 10.1. The fraction of sp³-hybridized carbons (Fsp3) is 0.417. The molecule has 0 aliphatic carbocycles. The van der Waals surface area contributed by atoms with E-state index in [1.807, 2.05) is 41.9 Å². The molecule has 0 saturated carbocycles. The second-order valence-electron chi connectivity index (χ2n) is 8.36. The lowest BCUT2D eigenvalue weighted by Gasteiger charge is -2.34. The Morgan fingerprint density at radius 1 is 1.13 bits per heavy atom. The van der Waals surface area contributed by atoms with Crippen molar-refractivity contribution >= 4 is 17.2 Å². The smallest absolute Gasteiger partial charge is 0.264 e. The van der Waals surface area contributed by atoms with Crippen LogP contribution in [0.5, 0.6) is 5.75 Å². The highest BCUT2D eigenvalue weighted by atomic mass is 32.1. The molecule has 164 valence electrons. The van der Waals surface area contributed by atoms with Gasteiger partial charge in [-0.2, -0.15) is 5.10 Å². The van der Waals surface area contributed by atoms with E-state index in [2.05, 4.69) is 41.3 Å². The van der Waals surface area contributed by atoms with Gasteiger partial charge in [-0.25, -0.2) is 0 Å². The number of ether oxygens (including phenoxy) is 1. The summed E-state index contributed by atoms with van der Waals surface area (Å²) in [5, 5.41) is 6.45. The summed E-state index contributed by atoms with van der Waals surface area (Å²) in [7, 11) is 1.95. The maximum atomic E-state index is 13.0. The van der Waals surface area contributed by atoms with E-state index < -0.39 is 0 Å². The van der Waals surface area contributed by atoms with Crippen molar-refractivity contribution in [3.8, 4) is 5.75 Å². The summed E-state index contributed by atoms with van der Waals surface area (Å²) in [6.07, 6.45) is 2.08. The zero-order valence-electron chi connectivity index (χ0n) is 18.7. The van der Waals surface area contributed by atoms with E-state index >= 15 is 0 Å². The van der Waals surface area contributed by atoms with Gasteiger partial charge >= 0.3 is 0 Å². The maximum absolute atomic E-state index is 13.0. The molecule has 1 fully saturated rings. The van der Waals surface area contributed by atoms with Gasteiger partial charge in [0.25, 0.3) is 5.91 Å². The first-order chi connectivity index (χ1) is 14.9. The van der Waals surface area contributed by atoms with Gasteiger partial charge in [0.05, 0.1) is 10.6 Å². The van der Waals surface area contributed by atoms with E-state index in [1.54, 1.807) is 0 Å². The Balaban J connectivity index is 1.30. The van der Waals surface area contributed by atoms with Gasteiger partial charge in [-0.15, -0.1) is 11.3 Å². The molecule has 7 heteroatoms. The normalized spacial score (nSPS) is 14.8.